The van der Waals surface area contributed by atoms with Gasteiger partial charge in [-0.1, -0.05) is 23.7 Å². The van der Waals surface area contributed by atoms with E-state index in [1.54, 1.807) is 24.1 Å². The summed E-state index contributed by atoms with van der Waals surface area (Å²) in [5.41, 5.74) is 4.72. The molecule has 198 valence electrons. The Balaban J connectivity index is 1.71. The molecule has 2 saturated heterocycles. The Bertz CT molecular complexity index is 811. The van der Waals surface area contributed by atoms with E-state index in [4.69, 9.17) is 26.8 Å². The zero-order chi connectivity index (χ0) is 25.3. The van der Waals surface area contributed by atoms with E-state index < -0.39 is 11.4 Å². The molecule has 2 fully saturated rings. The van der Waals surface area contributed by atoms with Gasteiger partial charge in [-0.3, -0.25) is 0 Å². The zero-order valence-electron chi connectivity index (χ0n) is 20.8. The van der Waals surface area contributed by atoms with Crippen molar-refractivity contribution in [2.24, 2.45) is 11.7 Å². The largest absolute Gasteiger partial charge is 0.385 e. The second-order valence-corrected chi connectivity index (χ2v) is 10.3. The van der Waals surface area contributed by atoms with Gasteiger partial charge >= 0.3 is 6.03 Å². The summed E-state index contributed by atoms with van der Waals surface area (Å²) in [7, 11) is 1.63. The minimum Gasteiger partial charge on any atom is -0.385 e. The van der Waals surface area contributed by atoms with E-state index >= 15 is 4.39 Å². The Kier molecular flexibility index (Phi) is 11.0. The number of nitrogens with two attached hydrogens (primary N) is 1. The van der Waals surface area contributed by atoms with Gasteiger partial charge in [-0.25, -0.2) is 9.18 Å². The van der Waals surface area contributed by atoms with Gasteiger partial charge in [-0.05, 0) is 63.9 Å². The molecule has 2 amide bonds. The number of aliphatic hydroxyl groups is 1. The molecule has 0 aromatic heterocycles. The van der Waals surface area contributed by atoms with Crippen LogP contribution in [0.3, 0.4) is 0 Å². The number of hydrogen-bond donors (Lipinski definition) is 3. The van der Waals surface area contributed by atoms with Gasteiger partial charge in [0.25, 0.3) is 0 Å². The Labute approximate surface area is 213 Å². The highest BCUT2D eigenvalue weighted by Gasteiger charge is 2.43. The second kappa shape index (κ2) is 13.7. The molecule has 35 heavy (non-hydrogen) atoms. The first kappa shape index (κ1) is 28.1. The highest BCUT2D eigenvalue weighted by Crippen LogP contribution is 2.42. The van der Waals surface area contributed by atoms with Gasteiger partial charge in [-0.2, -0.15) is 0 Å². The fraction of sp³-hybridized carbons (Fsp3) is 0.731. The van der Waals surface area contributed by atoms with Crippen molar-refractivity contribution in [1.29, 1.82) is 0 Å². The van der Waals surface area contributed by atoms with E-state index in [1.165, 1.54) is 6.07 Å². The smallest absolute Gasteiger partial charge is 0.317 e. The molecule has 0 aliphatic carbocycles. The Morgan fingerprint density at radius 2 is 2.20 bits per heavy atom. The van der Waals surface area contributed by atoms with Crippen LogP contribution in [0.15, 0.2) is 18.2 Å². The number of rotatable bonds is 11. The van der Waals surface area contributed by atoms with Gasteiger partial charge in [0.05, 0.1) is 16.7 Å². The number of amides is 2. The molecule has 0 saturated carbocycles. The molecule has 3 rings (SSSR count). The molecule has 4 N–H and O–H groups in total. The summed E-state index contributed by atoms with van der Waals surface area (Å²) in [6, 6.07) is 4.37. The van der Waals surface area contributed by atoms with Gasteiger partial charge in [0, 0.05) is 57.5 Å². The first-order chi connectivity index (χ1) is 16.9. The first-order valence-electron chi connectivity index (χ1n) is 12.9. The molecule has 2 aliphatic rings. The molecule has 7 nitrogen and oxygen atoms in total. The van der Waals surface area contributed by atoms with Crippen LogP contribution in [0.4, 0.5) is 9.18 Å². The van der Waals surface area contributed by atoms with Crippen LogP contribution in [0.5, 0.6) is 0 Å². The van der Waals surface area contributed by atoms with Crippen LogP contribution in [0.25, 0.3) is 0 Å². The lowest BCUT2D eigenvalue weighted by Crippen LogP contribution is -2.54. The summed E-state index contributed by atoms with van der Waals surface area (Å²) >= 11 is 6.07. The minimum absolute atomic E-state index is 0.0149. The number of carbonyl (C=O) groups is 1. The quantitative estimate of drug-likeness (QED) is 0.385. The predicted molar refractivity (Wildman–Crippen MR) is 135 cm³/mol. The number of carbonyl (C=O) groups excluding carboxylic acids is 1. The molecule has 4 unspecified atom stereocenters. The lowest BCUT2D eigenvalue weighted by atomic mass is 9.74. The van der Waals surface area contributed by atoms with Crippen LogP contribution in [-0.4, -0.2) is 68.1 Å². The van der Waals surface area contributed by atoms with Gasteiger partial charge < -0.3 is 30.5 Å². The third-order valence-electron chi connectivity index (χ3n) is 7.39. The molecule has 0 spiro atoms. The second-order valence-electron chi connectivity index (χ2n) is 9.87. The molecule has 0 bridgehead atoms. The first-order valence-corrected chi connectivity index (χ1v) is 13.3. The number of urea groups is 1. The molecule has 2 aliphatic heterocycles. The van der Waals surface area contributed by atoms with E-state index in [0.717, 1.165) is 38.7 Å². The molecule has 1 aromatic carbocycles. The Morgan fingerprint density at radius 1 is 1.37 bits per heavy atom. The van der Waals surface area contributed by atoms with Crippen LogP contribution in [-0.2, 0) is 15.1 Å². The third-order valence-corrected chi connectivity index (χ3v) is 7.68. The predicted octanol–water partition coefficient (Wildman–Crippen LogP) is 4.19. The van der Waals surface area contributed by atoms with E-state index in [-0.39, 0.29) is 34.7 Å². The lowest BCUT2D eigenvalue weighted by molar-refractivity contribution is -0.0588. The van der Waals surface area contributed by atoms with Crippen LogP contribution in [0, 0.1) is 11.7 Å². The molecule has 0 radical (unpaired) electrons. The fourth-order valence-corrected chi connectivity index (χ4v) is 5.55. The number of nitrogens with one attached hydrogen (secondary N) is 1. The Morgan fingerprint density at radius 3 is 2.91 bits per heavy atom. The number of nitrogens with zero attached hydrogens (tertiary/aromatic N) is 1. The van der Waals surface area contributed by atoms with Gasteiger partial charge in [0.1, 0.15) is 5.82 Å². The van der Waals surface area contributed by atoms with Crippen molar-refractivity contribution < 1.29 is 23.8 Å². The maximum absolute atomic E-state index is 15.1. The van der Waals surface area contributed by atoms with Crippen molar-refractivity contribution in [3.8, 4) is 0 Å². The fourth-order valence-electron chi connectivity index (χ4n) is 5.38. The van der Waals surface area contributed by atoms with Gasteiger partial charge in [0.15, 0.2) is 0 Å². The van der Waals surface area contributed by atoms with E-state index in [2.05, 4.69) is 5.32 Å². The maximum atomic E-state index is 15.1. The number of likely N-dealkylation sites (tertiary alicyclic amines) is 1. The lowest BCUT2D eigenvalue weighted by Gasteiger charge is -2.43. The third kappa shape index (κ3) is 7.52. The van der Waals surface area contributed by atoms with Gasteiger partial charge in [-0.15, -0.1) is 0 Å². The average molecular weight is 514 g/mol. The van der Waals surface area contributed by atoms with Crippen molar-refractivity contribution >= 4 is 17.6 Å². The molecule has 2 heterocycles. The normalized spacial score (nSPS) is 23.5. The summed E-state index contributed by atoms with van der Waals surface area (Å²) in [6.45, 7) is 2.57. The Hall–Kier alpha value is -1.45. The summed E-state index contributed by atoms with van der Waals surface area (Å²) < 4.78 is 26.0. The number of unbranched alkanes of at least 4 members (excludes halogenated alkanes) is 1. The van der Waals surface area contributed by atoms with Crippen molar-refractivity contribution in [1.82, 2.24) is 10.2 Å². The number of methoxy groups -OCH3 is 1. The molecular weight excluding hydrogens is 473 g/mol. The van der Waals surface area contributed by atoms with Crippen molar-refractivity contribution in [3.05, 3.63) is 34.6 Å². The number of halogens is 2. The average Bonchev–Trinajstić information content (AvgIpc) is 2.88. The van der Waals surface area contributed by atoms with Gasteiger partial charge in [0.2, 0.25) is 0 Å². The highest BCUT2D eigenvalue weighted by molar-refractivity contribution is 6.30. The monoisotopic (exact) mass is 513 g/mol. The number of hydrogen-bond acceptors (Lipinski definition) is 5. The van der Waals surface area contributed by atoms with E-state index in [1.807, 2.05) is 0 Å². The number of ether oxygens (including phenoxy) is 2. The minimum atomic E-state index is -1.44. The van der Waals surface area contributed by atoms with E-state index in [0.29, 0.717) is 51.9 Å². The summed E-state index contributed by atoms with van der Waals surface area (Å²) in [4.78, 5) is 14.9. The number of piperidine rings is 1. The summed E-state index contributed by atoms with van der Waals surface area (Å²) in [6.07, 6.45) is 7.18. The molecular formula is C26H41ClFN3O4. The van der Waals surface area contributed by atoms with Crippen LogP contribution in [0.1, 0.15) is 63.4 Å². The van der Waals surface area contributed by atoms with Crippen molar-refractivity contribution in [2.45, 2.75) is 75.5 Å². The topological polar surface area (TPSA) is 97.1 Å². The highest BCUT2D eigenvalue weighted by atomic mass is 35.5. The SMILES string of the molecule is COCCCCC(O)(c1cccc(Cl)c1F)C1CCCN(C(=O)NC(CN)CC2CCCCO2)C1. The van der Waals surface area contributed by atoms with Crippen LogP contribution in [0.2, 0.25) is 5.02 Å². The summed E-state index contributed by atoms with van der Waals surface area (Å²) in [5, 5.41) is 15.0. The molecule has 9 heteroatoms. The van der Waals surface area contributed by atoms with Crippen LogP contribution >= 0.6 is 11.6 Å². The maximum Gasteiger partial charge on any atom is 0.317 e. The van der Waals surface area contributed by atoms with Crippen molar-refractivity contribution in [3.63, 3.8) is 0 Å². The molecule has 4 atom stereocenters. The summed E-state index contributed by atoms with van der Waals surface area (Å²) in [5.74, 6) is -0.920. The molecule has 1 aromatic rings. The van der Waals surface area contributed by atoms with Crippen LogP contribution < -0.4 is 11.1 Å². The standard InChI is InChI=1S/C26H41ClFN3O4/c1-34-14-5-3-12-26(33,22-10-6-11-23(27)24(22)28)19-8-7-13-31(18-19)25(32)30-20(17-29)16-21-9-2-4-15-35-21/h6,10-11,19-21,33H,2-5,7-9,12-18,29H2,1H3,(H,30,32). The van der Waals surface area contributed by atoms with Crippen molar-refractivity contribution in [2.75, 3.05) is 40.0 Å². The zero-order valence-corrected chi connectivity index (χ0v) is 21.6. The van der Waals surface area contributed by atoms with E-state index in [9.17, 15) is 9.90 Å². The number of benzene rings is 1.